The molecule has 0 radical (unpaired) electrons. The van der Waals surface area contributed by atoms with E-state index in [4.69, 9.17) is 4.74 Å². The van der Waals surface area contributed by atoms with E-state index in [-0.39, 0.29) is 37.2 Å². The molecule has 2 rings (SSSR count). The molecule has 2 aromatic carbocycles. The number of hydrogen-bond acceptors (Lipinski definition) is 5. The zero-order valence-electron chi connectivity index (χ0n) is 22.2. The quantitative estimate of drug-likeness (QED) is 0.435. The van der Waals surface area contributed by atoms with Crippen molar-refractivity contribution in [2.24, 2.45) is 0 Å². The maximum Gasteiger partial charge on any atom is 0.242 e. The van der Waals surface area contributed by atoms with Crippen molar-refractivity contribution < 1.29 is 22.7 Å². The fourth-order valence-electron chi connectivity index (χ4n) is 3.84. The molecular formula is C27H39N3O5S. The van der Waals surface area contributed by atoms with Crippen molar-refractivity contribution >= 4 is 27.5 Å². The van der Waals surface area contributed by atoms with Crippen LogP contribution in [-0.4, -0.2) is 57.1 Å². The van der Waals surface area contributed by atoms with Gasteiger partial charge < -0.3 is 15.0 Å². The average Bonchev–Trinajstić information content (AvgIpc) is 2.84. The second kappa shape index (κ2) is 13.3. The number of para-hydroxylation sites is 2. The fourth-order valence-corrected chi connectivity index (χ4v) is 4.81. The lowest BCUT2D eigenvalue weighted by molar-refractivity contribution is -0.140. The summed E-state index contributed by atoms with van der Waals surface area (Å²) in [6.45, 7) is 8.01. The Hall–Kier alpha value is -3.07. The number of sulfonamides is 1. The molecule has 2 amide bonds. The molecule has 2 aromatic rings. The van der Waals surface area contributed by atoms with Crippen molar-refractivity contribution in [3.8, 4) is 5.75 Å². The molecule has 0 bridgehead atoms. The minimum Gasteiger partial charge on any atom is -0.495 e. The molecule has 1 N–H and O–H groups in total. The Balaban J connectivity index is 2.21. The van der Waals surface area contributed by atoms with Gasteiger partial charge in [0.05, 0.1) is 19.1 Å². The van der Waals surface area contributed by atoms with E-state index in [0.29, 0.717) is 18.0 Å². The van der Waals surface area contributed by atoms with Crippen LogP contribution in [0.5, 0.6) is 5.75 Å². The molecule has 0 aliphatic rings. The fraction of sp³-hybridized carbons (Fsp3) is 0.481. The number of benzene rings is 2. The number of nitrogens with zero attached hydrogens (tertiary/aromatic N) is 2. The van der Waals surface area contributed by atoms with Crippen LogP contribution in [0.1, 0.15) is 51.2 Å². The molecule has 0 aromatic heterocycles. The van der Waals surface area contributed by atoms with E-state index in [9.17, 15) is 18.0 Å². The summed E-state index contributed by atoms with van der Waals surface area (Å²) >= 11 is 0. The van der Waals surface area contributed by atoms with Gasteiger partial charge in [0.25, 0.3) is 0 Å². The van der Waals surface area contributed by atoms with Crippen molar-refractivity contribution in [3.63, 3.8) is 0 Å². The largest absolute Gasteiger partial charge is 0.495 e. The van der Waals surface area contributed by atoms with E-state index in [1.807, 2.05) is 45.0 Å². The minimum absolute atomic E-state index is 0.000430. The van der Waals surface area contributed by atoms with Crippen LogP contribution in [0.2, 0.25) is 0 Å². The number of carbonyl (C=O) groups is 2. The number of aryl methyl sites for hydroxylation is 1. The molecule has 198 valence electrons. The van der Waals surface area contributed by atoms with Crippen molar-refractivity contribution in [1.82, 2.24) is 10.2 Å². The average molecular weight is 518 g/mol. The van der Waals surface area contributed by atoms with Crippen molar-refractivity contribution in [2.75, 3.05) is 24.2 Å². The number of hydrogen-bond donors (Lipinski definition) is 1. The van der Waals surface area contributed by atoms with Gasteiger partial charge >= 0.3 is 0 Å². The zero-order chi connectivity index (χ0) is 26.9. The summed E-state index contributed by atoms with van der Waals surface area (Å²) in [6, 6.07) is 14.0. The van der Waals surface area contributed by atoms with Gasteiger partial charge in [0.15, 0.2) is 0 Å². The first-order valence-corrected chi connectivity index (χ1v) is 14.1. The summed E-state index contributed by atoms with van der Waals surface area (Å²) in [5.74, 6) is 0.0161. The smallest absolute Gasteiger partial charge is 0.242 e. The standard InChI is InChI=1S/C27H39N3O5S/c1-7-21(3)28-27(32)22(4)29(19-23-14-9-8-13-20(23)2)26(31)17-12-18-30(36(6,33)34)24-15-10-11-16-25(24)35-5/h8-11,13-16,21-22H,7,12,17-19H2,1-6H3,(H,28,32)/t21-,22-/m1/s1. The zero-order valence-corrected chi connectivity index (χ0v) is 23.0. The summed E-state index contributed by atoms with van der Waals surface area (Å²) in [5.41, 5.74) is 2.41. The van der Waals surface area contributed by atoms with Crippen LogP contribution in [0.15, 0.2) is 48.5 Å². The summed E-state index contributed by atoms with van der Waals surface area (Å²) < 4.78 is 31.7. The molecule has 0 spiro atoms. The van der Waals surface area contributed by atoms with Crippen molar-refractivity contribution in [2.45, 2.75) is 65.6 Å². The SMILES string of the molecule is CC[C@@H](C)NC(=O)[C@@H](C)N(Cc1ccccc1C)C(=O)CCCN(c1ccccc1OC)S(C)(=O)=O. The van der Waals surface area contributed by atoms with E-state index >= 15 is 0 Å². The number of nitrogens with one attached hydrogen (secondary N) is 1. The third-order valence-corrected chi connectivity index (χ3v) is 7.46. The highest BCUT2D eigenvalue weighted by Crippen LogP contribution is 2.29. The molecule has 36 heavy (non-hydrogen) atoms. The van der Waals surface area contributed by atoms with Crippen molar-refractivity contribution in [3.05, 3.63) is 59.7 Å². The van der Waals surface area contributed by atoms with Gasteiger partial charge in [-0.15, -0.1) is 0 Å². The highest BCUT2D eigenvalue weighted by Gasteiger charge is 2.28. The molecule has 0 unspecified atom stereocenters. The molecule has 0 saturated carbocycles. The molecule has 8 nitrogen and oxygen atoms in total. The summed E-state index contributed by atoms with van der Waals surface area (Å²) in [4.78, 5) is 27.9. The highest BCUT2D eigenvalue weighted by molar-refractivity contribution is 7.92. The first kappa shape index (κ1) is 29.2. The Bertz CT molecular complexity index is 1140. The number of carbonyl (C=O) groups excluding carboxylic acids is 2. The van der Waals surface area contributed by atoms with Gasteiger partial charge in [0.1, 0.15) is 11.8 Å². The Labute approximate surface area is 215 Å². The van der Waals surface area contributed by atoms with Crippen LogP contribution in [0.3, 0.4) is 0 Å². The van der Waals surface area contributed by atoms with Crippen LogP contribution in [0.4, 0.5) is 5.69 Å². The third kappa shape index (κ3) is 7.98. The van der Waals surface area contributed by atoms with Crippen molar-refractivity contribution in [1.29, 1.82) is 0 Å². The van der Waals surface area contributed by atoms with E-state index < -0.39 is 16.1 Å². The van der Waals surface area contributed by atoms with Crippen LogP contribution in [0, 0.1) is 6.92 Å². The molecule has 0 fully saturated rings. The maximum atomic E-state index is 13.4. The van der Waals surface area contributed by atoms with E-state index in [2.05, 4.69) is 5.32 Å². The molecule has 2 atom stereocenters. The Morgan fingerprint density at radius 2 is 1.69 bits per heavy atom. The Morgan fingerprint density at radius 1 is 1.06 bits per heavy atom. The van der Waals surface area contributed by atoms with Gasteiger partial charge in [-0.1, -0.05) is 43.3 Å². The number of rotatable bonds is 13. The molecule has 9 heteroatoms. The number of ether oxygens (including phenoxy) is 1. The van der Waals surface area contributed by atoms with E-state index in [1.54, 1.807) is 36.1 Å². The van der Waals surface area contributed by atoms with Gasteiger partial charge in [-0.05, 0) is 56.9 Å². The summed E-state index contributed by atoms with van der Waals surface area (Å²) in [5, 5.41) is 2.96. The molecular weight excluding hydrogens is 478 g/mol. The number of anilines is 1. The van der Waals surface area contributed by atoms with Crippen LogP contribution in [0.25, 0.3) is 0 Å². The van der Waals surface area contributed by atoms with E-state index in [1.165, 1.54) is 11.4 Å². The lowest BCUT2D eigenvalue weighted by Crippen LogP contribution is -2.49. The van der Waals surface area contributed by atoms with Gasteiger partial charge in [-0.25, -0.2) is 8.42 Å². The molecule has 0 heterocycles. The topological polar surface area (TPSA) is 96.0 Å². The van der Waals surface area contributed by atoms with Crippen LogP contribution >= 0.6 is 0 Å². The lowest BCUT2D eigenvalue weighted by atomic mass is 10.1. The summed E-state index contributed by atoms with van der Waals surface area (Å²) in [6.07, 6.45) is 2.30. The molecule has 0 aliphatic carbocycles. The molecule has 0 aliphatic heterocycles. The number of amides is 2. The third-order valence-electron chi connectivity index (χ3n) is 6.28. The van der Waals surface area contributed by atoms with Gasteiger partial charge in [0.2, 0.25) is 21.8 Å². The van der Waals surface area contributed by atoms with E-state index in [0.717, 1.165) is 23.8 Å². The highest BCUT2D eigenvalue weighted by atomic mass is 32.2. The minimum atomic E-state index is -3.60. The van der Waals surface area contributed by atoms with Crippen LogP contribution in [-0.2, 0) is 26.2 Å². The second-order valence-corrected chi connectivity index (χ2v) is 11.0. The lowest BCUT2D eigenvalue weighted by Gasteiger charge is -2.30. The predicted molar refractivity (Wildman–Crippen MR) is 144 cm³/mol. The first-order chi connectivity index (χ1) is 17.0. The van der Waals surface area contributed by atoms with Gasteiger partial charge in [-0.3, -0.25) is 13.9 Å². The Morgan fingerprint density at radius 3 is 2.31 bits per heavy atom. The Kier molecular flexibility index (Phi) is 10.8. The molecule has 0 saturated heterocycles. The number of methoxy groups -OCH3 is 1. The van der Waals surface area contributed by atoms with Gasteiger partial charge in [0, 0.05) is 25.6 Å². The monoisotopic (exact) mass is 517 g/mol. The summed E-state index contributed by atoms with van der Waals surface area (Å²) in [7, 11) is -2.12. The predicted octanol–water partition coefficient (Wildman–Crippen LogP) is 3.88. The maximum absolute atomic E-state index is 13.4. The van der Waals surface area contributed by atoms with Crippen LogP contribution < -0.4 is 14.4 Å². The van der Waals surface area contributed by atoms with Gasteiger partial charge in [-0.2, -0.15) is 0 Å². The normalized spacial score (nSPS) is 12.9. The first-order valence-electron chi connectivity index (χ1n) is 12.2. The second-order valence-electron chi connectivity index (χ2n) is 9.05.